The number of benzene rings is 2. The molecule has 2 N–H and O–H groups in total. The first kappa shape index (κ1) is 15.3. The van der Waals surface area contributed by atoms with Crippen molar-refractivity contribution in [2.75, 3.05) is 13.1 Å². The van der Waals surface area contributed by atoms with Crippen molar-refractivity contribution in [3.8, 4) is 11.1 Å². The molecule has 1 aliphatic heterocycles. The molecular weight excluding hydrogens is 303 g/mol. The Bertz CT molecular complexity index is 804. The summed E-state index contributed by atoms with van der Waals surface area (Å²) in [4.78, 5) is 15.1. The summed E-state index contributed by atoms with van der Waals surface area (Å²) < 4.78 is 14.3. The Morgan fingerprint density at radius 3 is 2.79 bits per heavy atom. The Labute approximate surface area is 141 Å². The van der Waals surface area contributed by atoms with Crippen LogP contribution in [0.25, 0.3) is 11.1 Å². The number of aryl methyl sites for hydroxylation is 1. The standard InChI is InChI=1S/C20H21FN2O/c1-12-6-7-14(15-4-2-3-5-18(15)21)17(8-12)20(24)23-11-13-9-16(13)19(23)10-22/h2-8,13,16,19H,9-11,22H2,1H3/t13-,16-,19-/m1/s1. The van der Waals surface area contributed by atoms with Crippen LogP contribution < -0.4 is 5.73 Å². The summed E-state index contributed by atoms with van der Waals surface area (Å²) in [5.41, 5.74) is 8.59. The second-order valence-electron chi connectivity index (χ2n) is 6.95. The lowest BCUT2D eigenvalue weighted by atomic mass is 9.96. The molecular formula is C20H21FN2O. The Morgan fingerprint density at radius 1 is 1.25 bits per heavy atom. The second-order valence-corrected chi connectivity index (χ2v) is 6.95. The first-order valence-electron chi connectivity index (χ1n) is 8.46. The van der Waals surface area contributed by atoms with Gasteiger partial charge in [-0.3, -0.25) is 4.79 Å². The maximum Gasteiger partial charge on any atom is 0.254 e. The highest BCUT2D eigenvalue weighted by molar-refractivity contribution is 6.01. The van der Waals surface area contributed by atoms with Crippen LogP contribution in [0, 0.1) is 24.6 Å². The molecule has 1 saturated heterocycles. The summed E-state index contributed by atoms with van der Waals surface area (Å²) >= 11 is 0. The lowest BCUT2D eigenvalue weighted by Gasteiger charge is -2.27. The van der Waals surface area contributed by atoms with Crippen LogP contribution in [0.5, 0.6) is 0 Å². The predicted octanol–water partition coefficient (Wildman–Crippen LogP) is 3.22. The fourth-order valence-electron chi connectivity index (χ4n) is 4.01. The van der Waals surface area contributed by atoms with Gasteiger partial charge < -0.3 is 10.6 Å². The number of nitrogens with zero attached hydrogens (tertiary/aromatic N) is 1. The SMILES string of the molecule is Cc1ccc(-c2ccccc2F)c(C(=O)N2C[C@H]3C[C@H]3[C@H]2CN)c1. The molecule has 0 spiro atoms. The molecule has 124 valence electrons. The molecule has 2 aromatic carbocycles. The van der Waals surface area contributed by atoms with E-state index in [1.54, 1.807) is 18.2 Å². The van der Waals surface area contributed by atoms with Crippen molar-refractivity contribution in [3.05, 3.63) is 59.4 Å². The van der Waals surface area contributed by atoms with Crippen molar-refractivity contribution < 1.29 is 9.18 Å². The van der Waals surface area contributed by atoms with Crippen LogP contribution in [-0.4, -0.2) is 29.9 Å². The fourth-order valence-corrected chi connectivity index (χ4v) is 4.01. The highest BCUT2D eigenvalue weighted by Gasteiger charge is 2.53. The normalized spacial score (nSPS) is 24.8. The van der Waals surface area contributed by atoms with Crippen LogP contribution in [0.2, 0.25) is 0 Å². The molecule has 0 unspecified atom stereocenters. The molecule has 2 aliphatic rings. The molecule has 2 aromatic rings. The van der Waals surface area contributed by atoms with E-state index >= 15 is 0 Å². The number of likely N-dealkylation sites (tertiary alicyclic amines) is 1. The Balaban J connectivity index is 1.76. The Hall–Kier alpha value is -2.20. The van der Waals surface area contributed by atoms with Crippen molar-refractivity contribution in [1.29, 1.82) is 0 Å². The summed E-state index contributed by atoms with van der Waals surface area (Å²) in [6.45, 7) is 3.22. The molecule has 1 amide bonds. The summed E-state index contributed by atoms with van der Waals surface area (Å²) in [6, 6.07) is 12.3. The number of carbonyl (C=O) groups excluding carboxylic acids is 1. The van der Waals surface area contributed by atoms with E-state index in [-0.39, 0.29) is 17.8 Å². The van der Waals surface area contributed by atoms with Crippen LogP contribution in [0.4, 0.5) is 4.39 Å². The zero-order chi connectivity index (χ0) is 16.8. The lowest BCUT2D eigenvalue weighted by Crippen LogP contribution is -2.43. The topological polar surface area (TPSA) is 46.3 Å². The quantitative estimate of drug-likeness (QED) is 0.942. The van der Waals surface area contributed by atoms with Crippen molar-refractivity contribution in [2.45, 2.75) is 19.4 Å². The summed E-state index contributed by atoms with van der Waals surface area (Å²) in [5, 5.41) is 0. The van der Waals surface area contributed by atoms with Crippen molar-refractivity contribution in [3.63, 3.8) is 0 Å². The molecule has 4 rings (SSSR count). The minimum absolute atomic E-state index is 0.0281. The number of hydrogen-bond donors (Lipinski definition) is 1. The molecule has 0 radical (unpaired) electrons. The van der Waals surface area contributed by atoms with Crippen LogP contribution in [0.15, 0.2) is 42.5 Å². The zero-order valence-electron chi connectivity index (χ0n) is 13.7. The molecule has 24 heavy (non-hydrogen) atoms. The number of hydrogen-bond acceptors (Lipinski definition) is 2. The van der Waals surface area contributed by atoms with E-state index in [2.05, 4.69) is 0 Å². The minimum Gasteiger partial charge on any atom is -0.334 e. The molecule has 0 aromatic heterocycles. The third kappa shape index (κ3) is 2.42. The van der Waals surface area contributed by atoms with Crippen molar-refractivity contribution in [2.24, 2.45) is 17.6 Å². The molecule has 2 fully saturated rings. The average Bonchev–Trinajstić information content (AvgIpc) is 3.26. The molecule has 1 heterocycles. The van der Waals surface area contributed by atoms with E-state index in [4.69, 9.17) is 5.73 Å². The van der Waals surface area contributed by atoms with Gasteiger partial charge in [0.1, 0.15) is 5.82 Å². The molecule has 4 heteroatoms. The van der Waals surface area contributed by atoms with E-state index < -0.39 is 0 Å². The highest BCUT2D eigenvalue weighted by atomic mass is 19.1. The van der Waals surface area contributed by atoms with E-state index in [1.165, 1.54) is 12.5 Å². The predicted molar refractivity (Wildman–Crippen MR) is 92.0 cm³/mol. The van der Waals surface area contributed by atoms with E-state index in [0.717, 1.165) is 12.1 Å². The van der Waals surface area contributed by atoms with Crippen LogP contribution in [0.1, 0.15) is 22.3 Å². The van der Waals surface area contributed by atoms with Crippen molar-refractivity contribution in [1.82, 2.24) is 4.90 Å². The van der Waals surface area contributed by atoms with Gasteiger partial charge in [-0.2, -0.15) is 0 Å². The molecule has 1 aliphatic carbocycles. The molecule has 0 bridgehead atoms. The van der Waals surface area contributed by atoms with Gasteiger partial charge in [0.25, 0.3) is 5.91 Å². The van der Waals surface area contributed by atoms with Gasteiger partial charge in [0.05, 0.1) is 0 Å². The number of carbonyl (C=O) groups is 1. The van der Waals surface area contributed by atoms with E-state index in [1.807, 2.05) is 30.0 Å². The first-order chi connectivity index (χ1) is 11.6. The molecule has 1 saturated carbocycles. The van der Waals surface area contributed by atoms with Gasteiger partial charge in [0, 0.05) is 30.3 Å². The smallest absolute Gasteiger partial charge is 0.254 e. The Morgan fingerprint density at radius 2 is 2.04 bits per heavy atom. The molecule has 3 nitrogen and oxygen atoms in total. The van der Waals surface area contributed by atoms with Crippen LogP contribution >= 0.6 is 0 Å². The van der Waals surface area contributed by atoms with Gasteiger partial charge in [-0.25, -0.2) is 4.39 Å². The summed E-state index contributed by atoms with van der Waals surface area (Å²) in [6.07, 6.45) is 1.18. The number of piperidine rings is 1. The number of amides is 1. The van der Waals surface area contributed by atoms with Crippen LogP contribution in [-0.2, 0) is 0 Å². The Kier molecular flexibility index (Phi) is 3.65. The van der Waals surface area contributed by atoms with Gasteiger partial charge >= 0.3 is 0 Å². The monoisotopic (exact) mass is 324 g/mol. The minimum atomic E-state index is -0.310. The van der Waals surface area contributed by atoms with Gasteiger partial charge in [-0.1, -0.05) is 35.9 Å². The van der Waals surface area contributed by atoms with Gasteiger partial charge in [0.15, 0.2) is 0 Å². The third-order valence-corrected chi connectivity index (χ3v) is 5.37. The van der Waals surface area contributed by atoms with E-state index in [9.17, 15) is 9.18 Å². The van der Waals surface area contributed by atoms with Gasteiger partial charge in [0.2, 0.25) is 0 Å². The maximum absolute atomic E-state index is 14.3. The first-order valence-corrected chi connectivity index (χ1v) is 8.46. The second kappa shape index (κ2) is 5.71. The summed E-state index contributed by atoms with van der Waals surface area (Å²) in [7, 11) is 0. The number of fused-ring (bicyclic) bond motifs is 1. The fraction of sp³-hybridized carbons (Fsp3) is 0.350. The van der Waals surface area contributed by atoms with Crippen LogP contribution in [0.3, 0.4) is 0 Å². The number of halogens is 1. The number of rotatable bonds is 3. The third-order valence-electron chi connectivity index (χ3n) is 5.37. The largest absolute Gasteiger partial charge is 0.334 e. The zero-order valence-corrected chi connectivity index (χ0v) is 13.7. The van der Waals surface area contributed by atoms with E-state index in [0.29, 0.717) is 35.1 Å². The average molecular weight is 324 g/mol. The number of nitrogens with two attached hydrogens (primary N) is 1. The summed E-state index contributed by atoms with van der Waals surface area (Å²) in [5.74, 6) is 0.819. The van der Waals surface area contributed by atoms with Crippen molar-refractivity contribution >= 4 is 5.91 Å². The lowest BCUT2D eigenvalue weighted by molar-refractivity contribution is 0.0713. The highest BCUT2D eigenvalue weighted by Crippen LogP contribution is 2.49. The maximum atomic E-state index is 14.3. The van der Waals surface area contributed by atoms with Gasteiger partial charge in [-0.15, -0.1) is 0 Å². The van der Waals surface area contributed by atoms with Gasteiger partial charge in [-0.05, 0) is 42.9 Å². The molecule has 3 atom stereocenters.